The van der Waals surface area contributed by atoms with E-state index in [0.29, 0.717) is 41.9 Å². The number of aliphatic hydroxyl groups is 1. The maximum atomic E-state index is 12.8. The molecular weight excluding hydrogens is 516 g/mol. The number of fused-ring (bicyclic) bond motifs is 2. The summed E-state index contributed by atoms with van der Waals surface area (Å²) in [5, 5.41) is 11.6. The molecule has 2 aliphatic heterocycles. The lowest BCUT2D eigenvalue weighted by atomic mass is 10.0. The Morgan fingerprint density at radius 2 is 1.97 bits per heavy atom. The van der Waals surface area contributed by atoms with Crippen LogP contribution >= 0.6 is 11.6 Å². The number of carbonyl (C=O) groups is 4. The monoisotopic (exact) mass is 552 g/mol. The van der Waals surface area contributed by atoms with E-state index in [4.69, 9.17) is 30.5 Å². The van der Waals surface area contributed by atoms with E-state index >= 15 is 0 Å². The molecule has 1 saturated heterocycles. The van der Waals surface area contributed by atoms with Crippen LogP contribution < -0.4 is 0 Å². The molecule has 0 radical (unpaired) electrons. The number of ether oxygens (including phenoxy) is 4. The van der Waals surface area contributed by atoms with Gasteiger partial charge in [0.25, 0.3) is 0 Å². The van der Waals surface area contributed by atoms with Crippen LogP contribution in [-0.2, 0) is 38.1 Å². The third-order valence-electron chi connectivity index (χ3n) is 6.27. The van der Waals surface area contributed by atoms with Gasteiger partial charge in [-0.25, -0.2) is 0 Å². The van der Waals surface area contributed by atoms with Crippen molar-refractivity contribution in [3.05, 3.63) is 46.6 Å². The maximum absolute atomic E-state index is 12.8. The predicted octanol–water partition coefficient (Wildman–Crippen LogP) is 4.02. The van der Waals surface area contributed by atoms with Gasteiger partial charge in [-0.3, -0.25) is 19.2 Å². The van der Waals surface area contributed by atoms with Gasteiger partial charge in [0.2, 0.25) is 0 Å². The molecule has 0 aromatic heterocycles. The van der Waals surface area contributed by atoms with Crippen molar-refractivity contribution in [2.24, 2.45) is 0 Å². The van der Waals surface area contributed by atoms with Gasteiger partial charge in [0.15, 0.2) is 5.78 Å². The van der Waals surface area contributed by atoms with Gasteiger partial charge >= 0.3 is 17.9 Å². The van der Waals surface area contributed by atoms with Crippen molar-refractivity contribution in [1.29, 1.82) is 0 Å². The van der Waals surface area contributed by atoms with E-state index in [9.17, 15) is 24.3 Å². The van der Waals surface area contributed by atoms with E-state index in [0.717, 1.165) is 0 Å². The molecule has 210 valence electrons. The molecule has 2 unspecified atom stereocenters. The van der Waals surface area contributed by atoms with E-state index in [1.165, 1.54) is 19.9 Å². The van der Waals surface area contributed by atoms with Gasteiger partial charge in [0.05, 0.1) is 18.9 Å². The predicted molar refractivity (Wildman–Crippen MR) is 140 cm³/mol. The smallest absolute Gasteiger partial charge is 0.310 e. The second-order valence-corrected chi connectivity index (χ2v) is 10.1. The fraction of sp³-hybridized carbons (Fsp3) is 0.571. The Morgan fingerprint density at radius 1 is 1.26 bits per heavy atom. The summed E-state index contributed by atoms with van der Waals surface area (Å²) in [5.41, 5.74) is 1.40. The number of ketones is 1. The zero-order valence-electron chi connectivity index (χ0n) is 22.4. The summed E-state index contributed by atoms with van der Waals surface area (Å²) >= 11 is 6.37. The summed E-state index contributed by atoms with van der Waals surface area (Å²) in [7, 11) is 0. The number of aliphatic hydroxyl groups excluding tert-OH is 1. The van der Waals surface area contributed by atoms with Crippen LogP contribution in [0.15, 0.2) is 46.6 Å². The Bertz CT molecular complexity index is 1010. The molecule has 1 N–H and O–H groups in total. The van der Waals surface area contributed by atoms with E-state index in [-0.39, 0.29) is 36.9 Å². The summed E-state index contributed by atoms with van der Waals surface area (Å²) in [6, 6.07) is 0. The second kappa shape index (κ2) is 15.0. The molecule has 0 aromatic carbocycles. The van der Waals surface area contributed by atoms with Crippen molar-refractivity contribution in [3.63, 3.8) is 0 Å². The van der Waals surface area contributed by atoms with Crippen molar-refractivity contribution in [1.82, 2.24) is 0 Å². The zero-order valence-corrected chi connectivity index (χ0v) is 23.1. The van der Waals surface area contributed by atoms with Crippen LogP contribution in [0.3, 0.4) is 0 Å². The number of halogens is 1. The molecule has 2 rings (SSSR count). The normalized spacial score (nSPS) is 25.7. The maximum Gasteiger partial charge on any atom is 0.310 e. The largest absolute Gasteiger partial charge is 0.460 e. The highest BCUT2D eigenvalue weighted by Crippen LogP contribution is 2.31. The topological polar surface area (TPSA) is 125 Å². The highest BCUT2D eigenvalue weighted by molar-refractivity contribution is 6.29. The molecule has 5 atom stereocenters. The number of carbonyl (C=O) groups excluding carboxylic acids is 4. The zero-order chi connectivity index (χ0) is 28.4. The molecule has 9 nitrogen and oxygen atoms in total. The summed E-state index contributed by atoms with van der Waals surface area (Å²) in [4.78, 5) is 47.8. The van der Waals surface area contributed by atoms with Gasteiger partial charge in [-0.1, -0.05) is 42.0 Å². The lowest BCUT2D eigenvalue weighted by Gasteiger charge is -2.24. The molecule has 38 heavy (non-hydrogen) atoms. The highest BCUT2D eigenvalue weighted by atomic mass is 35.5. The van der Waals surface area contributed by atoms with Gasteiger partial charge in [-0.2, -0.15) is 0 Å². The van der Waals surface area contributed by atoms with Crippen molar-refractivity contribution < 1.29 is 43.2 Å². The molecule has 1 fully saturated rings. The highest BCUT2D eigenvalue weighted by Gasteiger charge is 2.41. The van der Waals surface area contributed by atoms with Gasteiger partial charge in [-0.15, -0.1) is 0 Å². The van der Waals surface area contributed by atoms with Crippen LogP contribution in [0.2, 0.25) is 0 Å². The molecule has 0 aromatic rings. The van der Waals surface area contributed by atoms with Crippen LogP contribution in [0.4, 0.5) is 0 Å². The number of allylic oxidation sites excluding steroid dienone is 3. The van der Waals surface area contributed by atoms with Crippen molar-refractivity contribution >= 4 is 35.3 Å². The first kappa shape index (κ1) is 31.5. The minimum Gasteiger partial charge on any atom is -0.460 e. The Balaban J connectivity index is 2.15. The molecule has 0 amide bonds. The van der Waals surface area contributed by atoms with Crippen LogP contribution in [0, 0.1) is 0 Å². The van der Waals surface area contributed by atoms with Crippen molar-refractivity contribution in [3.8, 4) is 0 Å². The summed E-state index contributed by atoms with van der Waals surface area (Å²) < 4.78 is 22.1. The molecule has 10 heteroatoms. The summed E-state index contributed by atoms with van der Waals surface area (Å²) in [5.74, 6) is -1.95. The van der Waals surface area contributed by atoms with E-state index < -0.39 is 42.3 Å². The van der Waals surface area contributed by atoms with E-state index in [1.807, 2.05) is 12.2 Å². The third-order valence-corrected chi connectivity index (χ3v) is 6.61. The Hall–Kier alpha value is -2.75. The number of Topliss-reactive ketones (excluding diaryl/α,β-unsaturated/α-hetero) is 1. The van der Waals surface area contributed by atoms with Gasteiger partial charge in [0.1, 0.15) is 31.0 Å². The number of hydrogen-bond donors (Lipinski definition) is 1. The lowest BCUT2D eigenvalue weighted by molar-refractivity contribution is -0.159. The molecule has 2 heterocycles. The fourth-order valence-electron chi connectivity index (χ4n) is 4.12. The Morgan fingerprint density at radius 3 is 2.63 bits per heavy atom. The van der Waals surface area contributed by atoms with Crippen LogP contribution in [0.5, 0.6) is 0 Å². The van der Waals surface area contributed by atoms with Crippen molar-refractivity contribution in [2.45, 2.75) is 96.7 Å². The quantitative estimate of drug-likeness (QED) is 0.206. The summed E-state index contributed by atoms with van der Waals surface area (Å²) in [6.07, 6.45) is 2.95. The number of hydrogen-bond acceptors (Lipinski definition) is 9. The lowest BCUT2D eigenvalue weighted by Crippen LogP contribution is -2.37. The Labute approximate surface area is 228 Å². The number of rotatable bonds is 8. The van der Waals surface area contributed by atoms with Crippen LogP contribution in [-0.4, -0.2) is 65.9 Å². The van der Waals surface area contributed by atoms with Crippen LogP contribution in [0.25, 0.3) is 0 Å². The van der Waals surface area contributed by atoms with Crippen molar-refractivity contribution in [2.75, 3.05) is 6.61 Å². The first-order valence-corrected chi connectivity index (χ1v) is 13.0. The average Bonchev–Trinajstić information content (AvgIpc) is 3.22. The fourth-order valence-corrected chi connectivity index (χ4v) is 4.32. The minimum atomic E-state index is -1.18. The van der Waals surface area contributed by atoms with E-state index in [1.54, 1.807) is 13.8 Å². The molecular formula is C28H37ClO9. The second-order valence-electron chi connectivity index (χ2n) is 9.66. The summed E-state index contributed by atoms with van der Waals surface area (Å²) in [6.45, 7) is 9.37. The molecule has 2 bridgehead atoms. The first-order valence-electron chi connectivity index (χ1n) is 12.6. The third kappa shape index (κ3) is 10.6. The Kier molecular flexibility index (Phi) is 12.4. The van der Waals surface area contributed by atoms with Gasteiger partial charge in [-0.05, 0) is 45.6 Å². The molecule has 0 saturated carbocycles. The standard InChI is InChI=1S/C28H37ClO9/c1-16(12-26(33)35-15-18(3)19(4)30)11-23(32)28-25-13-22(37-28)10-9-21(29)8-6-7-17(2)24(36-20(5)31)14-27(34)38-25/h7-8,11,22-25,28,32H,3,6,9-10,12-15H2,1-2,4-5H3/t22?,23-,24+,25?,28+/m1/s1. The number of esters is 3. The van der Waals surface area contributed by atoms with Gasteiger partial charge in [0, 0.05) is 23.9 Å². The minimum absolute atomic E-state index is 0.112. The molecule has 0 aliphatic carbocycles. The SMILES string of the molecule is C=C(COC(=O)CC(C)=C[C@@H](O)[C@@H]1OC2CCC(Cl)=CCC=C(C)[C@@H](OC(C)=O)CC(=O)OC1C2)C(C)=O. The van der Waals surface area contributed by atoms with Gasteiger partial charge < -0.3 is 24.1 Å². The van der Waals surface area contributed by atoms with E-state index in [2.05, 4.69) is 6.58 Å². The molecule has 2 aliphatic rings. The first-order chi connectivity index (χ1) is 17.8. The van der Waals surface area contributed by atoms with Crippen LogP contribution in [0.1, 0.15) is 66.2 Å². The molecule has 0 spiro atoms. The average molecular weight is 553 g/mol.